The largest absolute Gasteiger partial charge is 0.481 e. The normalized spacial score (nSPS) is 9.73. The van der Waals surface area contributed by atoms with E-state index in [9.17, 15) is 9.59 Å². The number of carbonyl (C=O) groups excluding carboxylic acids is 1. The predicted molar refractivity (Wildman–Crippen MR) is 98.9 cm³/mol. The summed E-state index contributed by atoms with van der Waals surface area (Å²) in [5.41, 5.74) is 2.09. The number of carbonyl (C=O) groups is 2. The molecule has 2 N–H and O–H groups in total. The van der Waals surface area contributed by atoms with Crippen molar-refractivity contribution in [3.05, 3.63) is 70.2 Å². The van der Waals surface area contributed by atoms with Crippen LogP contribution in [0.2, 0.25) is 5.02 Å². The van der Waals surface area contributed by atoms with E-state index in [2.05, 4.69) is 17.2 Å². The lowest BCUT2D eigenvalue weighted by atomic mass is 10.0. The standard InChI is InChI=1S/C20H18ClNO4/c21-18-10-9-16(17(12-18)13-19(23)24)8-4-5-11-22-20(25)26-14-15-6-2-1-3-7-15/h1-3,6-7,9-10,12H,5,11,13-14H2,(H,22,25)(H,23,24). The smallest absolute Gasteiger partial charge is 0.407 e. The molecule has 2 aromatic carbocycles. The molecule has 6 heteroatoms. The van der Waals surface area contributed by atoms with Crippen molar-refractivity contribution < 1.29 is 19.4 Å². The fraction of sp³-hybridized carbons (Fsp3) is 0.200. The molecule has 0 spiro atoms. The van der Waals surface area contributed by atoms with E-state index >= 15 is 0 Å². The number of aliphatic carboxylic acids is 1. The molecule has 5 nitrogen and oxygen atoms in total. The molecule has 0 aromatic heterocycles. The Morgan fingerprint density at radius 3 is 2.65 bits per heavy atom. The van der Waals surface area contributed by atoms with E-state index < -0.39 is 12.1 Å². The van der Waals surface area contributed by atoms with Gasteiger partial charge in [0, 0.05) is 23.6 Å². The molecule has 1 amide bonds. The molecule has 2 rings (SSSR count). The summed E-state index contributed by atoms with van der Waals surface area (Å²) < 4.78 is 5.09. The van der Waals surface area contributed by atoms with Crippen molar-refractivity contribution in [1.29, 1.82) is 0 Å². The predicted octanol–water partition coefficient (Wildman–Crippen LogP) is 3.64. The lowest BCUT2D eigenvalue weighted by molar-refractivity contribution is -0.136. The molecule has 0 radical (unpaired) electrons. The van der Waals surface area contributed by atoms with E-state index in [4.69, 9.17) is 21.4 Å². The zero-order chi connectivity index (χ0) is 18.8. The molecule has 0 saturated carbocycles. The van der Waals surface area contributed by atoms with Crippen LogP contribution in [0.25, 0.3) is 0 Å². The van der Waals surface area contributed by atoms with Gasteiger partial charge in [0.1, 0.15) is 6.61 Å². The first-order chi connectivity index (χ1) is 12.5. The van der Waals surface area contributed by atoms with Gasteiger partial charge in [-0.15, -0.1) is 0 Å². The lowest BCUT2D eigenvalue weighted by Gasteiger charge is -2.05. The number of alkyl carbamates (subject to hydrolysis) is 1. The minimum Gasteiger partial charge on any atom is -0.481 e. The molecule has 0 saturated heterocycles. The molecular weight excluding hydrogens is 354 g/mol. The van der Waals surface area contributed by atoms with E-state index in [0.29, 0.717) is 29.1 Å². The third-order valence-electron chi connectivity index (χ3n) is 3.36. The summed E-state index contributed by atoms with van der Waals surface area (Å²) >= 11 is 5.89. The Labute approximate surface area is 156 Å². The van der Waals surface area contributed by atoms with E-state index in [1.54, 1.807) is 18.2 Å². The van der Waals surface area contributed by atoms with Crippen LogP contribution in [0.1, 0.15) is 23.1 Å². The van der Waals surface area contributed by atoms with Crippen LogP contribution in [-0.2, 0) is 22.6 Å². The second-order valence-electron chi connectivity index (χ2n) is 5.41. The highest BCUT2D eigenvalue weighted by molar-refractivity contribution is 6.30. The minimum absolute atomic E-state index is 0.144. The quantitative estimate of drug-likeness (QED) is 0.600. The van der Waals surface area contributed by atoms with Crippen LogP contribution < -0.4 is 5.32 Å². The number of amides is 1. The molecular formula is C20H18ClNO4. The summed E-state index contributed by atoms with van der Waals surface area (Å²) in [6.45, 7) is 0.546. The van der Waals surface area contributed by atoms with Crippen molar-refractivity contribution >= 4 is 23.7 Å². The molecule has 0 heterocycles. The number of carboxylic acids is 1. The number of carboxylic acid groups (broad SMARTS) is 1. The zero-order valence-electron chi connectivity index (χ0n) is 14.0. The molecule has 0 bridgehead atoms. The van der Waals surface area contributed by atoms with Gasteiger partial charge in [0.25, 0.3) is 0 Å². The first-order valence-corrected chi connectivity index (χ1v) is 8.36. The number of hydrogen-bond acceptors (Lipinski definition) is 3. The van der Waals surface area contributed by atoms with Gasteiger partial charge in [-0.05, 0) is 29.3 Å². The molecule has 0 atom stereocenters. The molecule has 2 aromatic rings. The fourth-order valence-corrected chi connectivity index (χ4v) is 2.35. The summed E-state index contributed by atoms with van der Waals surface area (Å²) in [6.07, 6.45) is -0.238. The van der Waals surface area contributed by atoms with Gasteiger partial charge in [-0.3, -0.25) is 4.79 Å². The molecule has 0 aliphatic heterocycles. The van der Waals surface area contributed by atoms with Crippen LogP contribution >= 0.6 is 11.6 Å². The third-order valence-corrected chi connectivity index (χ3v) is 3.60. The van der Waals surface area contributed by atoms with Gasteiger partial charge < -0.3 is 15.2 Å². The van der Waals surface area contributed by atoms with E-state index in [1.807, 2.05) is 30.3 Å². The maximum atomic E-state index is 11.6. The molecule has 0 aliphatic rings. The maximum absolute atomic E-state index is 11.6. The van der Waals surface area contributed by atoms with E-state index in [-0.39, 0.29) is 13.0 Å². The topological polar surface area (TPSA) is 75.6 Å². The van der Waals surface area contributed by atoms with Crippen LogP contribution in [0.15, 0.2) is 48.5 Å². The molecule has 0 aliphatic carbocycles. The number of rotatable bonds is 6. The number of benzene rings is 2. The van der Waals surface area contributed by atoms with E-state index in [1.165, 1.54) is 0 Å². The SMILES string of the molecule is O=C(O)Cc1cc(Cl)ccc1C#CCCNC(=O)OCc1ccccc1. The van der Waals surface area contributed by atoms with Gasteiger partial charge in [0.05, 0.1) is 6.42 Å². The van der Waals surface area contributed by atoms with Crippen LogP contribution in [-0.4, -0.2) is 23.7 Å². The van der Waals surface area contributed by atoms with Gasteiger partial charge >= 0.3 is 12.1 Å². The number of ether oxygens (including phenoxy) is 1. The second-order valence-corrected chi connectivity index (χ2v) is 5.85. The first-order valence-electron chi connectivity index (χ1n) is 7.98. The second kappa shape index (κ2) is 10.1. The Kier molecular flexibility index (Phi) is 7.53. The fourth-order valence-electron chi connectivity index (χ4n) is 2.15. The number of hydrogen-bond donors (Lipinski definition) is 2. The lowest BCUT2D eigenvalue weighted by Crippen LogP contribution is -2.24. The number of nitrogens with one attached hydrogen (secondary N) is 1. The first kappa shape index (κ1) is 19.4. The Hall–Kier alpha value is -2.97. The van der Waals surface area contributed by atoms with Crippen LogP contribution in [0, 0.1) is 11.8 Å². The molecule has 26 heavy (non-hydrogen) atoms. The van der Waals surface area contributed by atoms with Crippen molar-refractivity contribution in [3.63, 3.8) is 0 Å². The highest BCUT2D eigenvalue weighted by Gasteiger charge is 2.06. The Morgan fingerprint density at radius 2 is 1.92 bits per heavy atom. The van der Waals surface area contributed by atoms with Crippen LogP contribution in [0.3, 0.4) is 0 Å². The zero-order valence-corrected chi connectivity index (χ0v) is 14.8. The Balaban J connectivity index is 1.78. The van der Waals surface area contributed by atoms with Crippen molar-refractivity contribution in [1.82, 2.24) is 5.32 Å². The summed E-state index contributed by atoms with van der Waals surface area (Å²) in [7, 11) is 0. The monoisotopic (exact) mass is 371 g/mol. The Bertz CT molecular complexity index is 825. The van der Waals surface area contributed by atoms with Gasteiger partial charge in [-0.2, -0.15) is 0 Å². The van der Waals surface area contributed by atoms with Crippen molar-refractivity contribution in [2.45, 2.75) is 19.4 Å². The van der Waals surface area contributed by atoms with Gasteiger partial charge in [0.15, 0.2) is 0 Å². The van der Waals surface area contributed by atoms with Crippen molar-refractivity contribution in [2.75, 3.05) is 6.54 Å². The van der Waals surface area contributed by atoms with Crippen molar-refractivity contribution in [3.8, 4) is 11.8 Å². The number of halogens is 1. The molecule has 0 fully saturated rings. The van der Waals surface area contributed by atoms with Gasteiger partial charge in [-0.25, -0.2) is 4.79 Å². The Morgan fingerprint density at radius 1 is 1.15 bits per heavy atom. The average Bonchev–Trinajstić information content (AvgIpc) is 2.61. The minimum atomic E-state index is -0.946. The molecule has 134 valence electrons. The maximum Gasteiger partial charge on any atom is 0.407 e. The summed E-state index contributed by atoms with van der Waals surface area (Å²) in [5.74, 6) is 4.87. The molecule has 0 unspecified atom stereocenters. The summed E-state index contributed by atoms with van der Waals surface area (Å²) in [5, 5.41) is 12.0. The van der Waals surface area contributed by atoms with Gasteiger partial charge in [0.2, 0.25) is 0 Å². The highest BCUT2D eigenvalue weighted by Crippen LogP contribution is 2.16. The van der Waals surface area contributed by atoms with E-state index in [0.717, 1.165) is 5.56 Å². The highest BCUT2D eigenvalue weighted by atomic mass is 35.5. The van der Waals surface area contributed by atoms with Crippen LogP contribution in [0.4, 0.5) is 4.79 Å². The van der Waals surface area contributed by atoms with Crippen LogP contribution in [0.5, 0.6) is 0 Å². The summed E-state index contributed by atoms with van der Waals surface area (Å²) in [4.78, 5) is 22.5. The summed E-state index contributed by atoms with van der Waals surface area (Å²) in [6, 6.07) is 14.3. The van der Waals surface area contributed by atoms with Crippen molar-refractivity contribution in [2.24, 2.45) is 0 Å². The third kappa shape index (κ3) is 6.88. The average molecular weight is 372 g/mol. The van der Waals surface area contributed by atoms with Gasteiger partial charge in [-0.1, -0.05) is 53.8 Å².